The average molecular weight is 115 g/mol. The molecule has 0 amide bonds. The number of rotatable bonds is 4. The second kappa shape index (κ2) is 4.98. The highest BCUT2D eigenvalue weighted by Gasteiger charge is 1.98. The zero-order chi connectivity index (χ0) is 6.41. The van der Waals surface area contributed by atoms with Gasteiger partial charge in [0.25, 0.3) is 0 Å². The summed E-state index contributed by atoms with van der Waals surface area (Å²) in [7, 11) is 0. The van der Waals surface area contributed by atoms with Crippen LogP contribution in [0.4, 0.5) is 0 Å². The molecule has 0 saturated carbocycles. The molecule has 1 unspecified atom stereocenters. The van der Waals surface area contributed by atoms with E-state index < -0.39 is 0 Å². The molecule has 0 aromatic heterocycles. The van der Waals surface area contributed by atoms with E-state index in [-0.39, 0.29) is 0 Å². The van der Waals surface area contributed by atoms with Crippen LogP contribution in [0.25, 0.3) is 0 Å². The molecule has 1 heteroatoms. The third-order valence-electron chi connectivity index (χ3n) is 1.06. The first kappa shape index (κ1) is 7.83. The SMILES string of the molecule is [CH2+]CCC(C)OCC. The Bertz CT molecular complexity index is 37.7. The molecular weight excluding hydrogens is 100 g/mol. The van der Waals surface area contributed by atoms with E-state index in [9.17, 15) is 0 Å². The summed E-state index contributed by atoms with van der Waals surface area (Å²) in [6.07, 6.45) is 2.45. The van der Waals surface area contributed by atoms with Gasteiger partial charge < -0.3 is 4.74 Å². The van der Waals surface area contributed by atoms with Crippen molar-refractivity contribution >= 4 is 0 Å². The second-order valence-electron chi connectivity index (χ2n) is 1.91. The molecule has 0 rings (SSSR count). The molecule has 0 N–H and O–H groups in total. The molecular formula is C7H15O+. The summed E-state index contributed by atoms with van der Waals surface area (Å²) in [5.74, 6) is 0. The van der Waals surface area contributed by atoms with Gasteiger partial charge in [0.05, 0.1) is 19.4 Å². The molecule has 0 aromatic rings. The van der Waals surface area contributed by atoms with Crippen molar-refractivity contribution in [1.29, 1.82) is 0 Å². The molecule has 0 aliphatic heterocycles. The van der Waals surface area contributed by atoms with E-state index in [1.54, 1.807) is 0 Å². The summed E-state index contributed by atoms with van der Waals surface area (Å²) in [5.41, 5.74) is 0. The van der Waals surface area contributed by atoms with Crippen molar-refractivity contribution in [2.75, 3.05) is 6.61 Å². The van der Waals surface area contributed by atoms with E-state index in [2.05, 4.69) is 13.8 Å². The van der Waals surface area contributed by atoms with Gasteiger partial charge in [0.2, 0.25) is 0 Å². The summed E-state index contributed by atoms with van der Waals surface area (Å²) >= 11 is 0. The number of hydrogen-bond acceptors (Lipinski definition) is 1. The van der Waals surface area contributed by atoms with E-state index in [0.717, 1.165) is 19.4 Å². The van der Waals surface area contributed by atoms with Crippen LogP contribution >= 0.6 is 0 Å². The van der Waals surface area contributed by atoms with Gasteiger partial charge in [0.1, 0.15) is 0 Å². The largest absolute Gasteiger partial charge is 0.379 e. The Morgan fingerprint density at radius 2 is 2.25 bits per heavy atom. The molecule has 0 aromatic carbocycles. The molecule has 48 valence electrons. The Morgan fingerprint density at radius 1 is 1.62 bits per heavy atom. The fourth-order valence-corrected chi connectivity index (χ4v) is 0.655. The third kappa shape index (κ3) is 4.00. The van der Waals surface area contributed by atoms with Crippen LogP contribution in [0.1, 0.15) is 26.7 Å². The minimum Gasteiger partial charge on any atom is -0.379 e. The lowest BCUT2D eigenvalue weighted by Crippen LogP contribution is -2.06. The molecule has 0 aliphatic rings. The maximum Gasteiger partial charge on any atom is 0.0875 e. The fraction of sp³-hybridized carbons (Fsp3) is 0.857. The molecule has 8 heavy (non-hydrogen) atoms. The Labute approximate surface area is 52.0 Å². The van der Waals surface area contributed by atoms with E-state index in [1.807, 2.05) is 6.92 Å². The van der Waals surface area contributed by atoms with Crippen molar-refractivity contribution in [2.45, 2.75) is 32.8 Å². The van der Waals surface area contributed by atoms with Crippen LogP contribution in [0.5, 0.6) is 0 Å². The molecule has 0 radical (unpaired) electrons. The van der Waals surface area contributed by atoms with Gasteiger partial charge in [-0.3, -0.25) is 0 Å². The van der Waals surface area contributed by atoms with Gasteiger partial charge in [-0.25, -0.2) is 0 Å². The molecule has 0 bridgehead atoms. The maximum absolute atomic E-state index is 5.24. The Balaban J connectivity index is 2.92. The van der Waals surface area contributed by atoms with Crippen LogP contribution in [0, 0.1) is 6.92 Å². The molecule has 0 spiro atoms. The van der Waals surface area contributed by atoms with Crippen molar-refractivity contribution in [2.24, 2.45) is 0 Å². The van der Waals surface area contributed by atoms with Gasteiger partial charge >= 0.3 is 0 Å². The molecule has 0 heterocycles. The standard InChI is InChI=1S/C7H15O/c1-4-6-7(3)8-5-2/h7H,1,4-6H2,2-3H3/q+1. The van der Waals surface area contributed by atoms with Gasteiger partial charge in [0.15, 0.2) is 0 Å². The first-order valence-corrected chi connectivity index (χ1v) is 3.22. The Kier molecular flexibility index (Phi) is 4.87. The average Bonchev–Trinajstić information content (AvgIpc) is 1.68. The van der Waals surface area contributed by atoms with Crippen molar-refractivity contribution in [3.63, 3.8) is 0 Å². The predicted molar refractivity (Wildman–Crippen MR) is 35.7 cm³/mol. The van der Waals surface area contributed by atoms with Crippen LogP contribution in [-0.2, 0) is 4.74 Å². The predicted octanol–water partition coefficient (Wildman–Crippen LogP) is 2.03. The minimum atomic E-state index is 0.400. The summed E-state index contributed by atoms with van der Waals surface area (Å²) in [6, 6.07) is 0. The molecule has 1 nitrogen and oxygen atoms in total. The minimum absolute atomic E-state index is 0.400. The maximum atomic E-state index is 5.24. The Hall–Kier alpha value is -0.170. The first-order chi connectivity index (χ1) is 3.81. The zero-order valence-corrected chi connectivity index (χ0v) is 5.81. The first-order valence-electron chi connectivity index (χ1n) is 3.22. The summed E-state index contributed by atoms with van der Waals surface area (Å²) in [5, 5.41) is 0. The number of ether oxygens (including phenoxy) is 1. The highest BCUT2D eigenvalue weighted by atomic mass is 16.5. The van der Waals surface area contributed by atoms with Gasteiger partial charge in [-0.05, 0) is 13.8 Å². The summed E-state index contributed by atoms with van der Waals surface area (Å²) in [4.78, 5) is 0. The van der Waals surface area contributed by atoms with Crippen LogP contribution in [0.2, 0.25) is 0 Å². The van der Waals surface area contributed by atoms with Crippen LogP contribution < -0.4 is 0 Å². The van der Waals surface area contributed by atoms with E-state index in [0.29, 0.717) is 6.10 Å². The molecule has 1 atom stereocenters. The molecule has 0 saturated heterocycles. The van der Waals surface area contributed by atoms with E-state index >= 15 is 0 Å². The monoisotopic (exact) mass is 115 g/mol. The van der Waals surface area contributed by atoms with Crippen molar-refractivity contribution < 1.29 is 4.74 Å². The quantitative estimate of drug-likeness (QED) is 0.509. The van der Waals surface area contributed by atoms with E-state index in [4.69, 9.17) is 4.74 Å². The Morgan fingerprint density at radius 3 is 2.62 bits per heavy atom. The van der Waals surface area contributed by atoms with Crippen molar-refractivity contribution in [3.05, 3.63) is 6.92 Å². The lowest BCUT2D eigenvalue weighted by Gasteiger charge is -2.06. The third-order valence-corrected chi connectivity index (χ3v) is 1.06. The smallest absolute Gasteiger partial charge is 0.0875 e. The van der Waals surface area contributed by atoms with Gasteiger partial charge in [-0.2, -0.15) is 0 Å². The van der Waals surface area contributed by atoms with Gasteiger partial charge in [-0.1, -0.05) is 0 Å². The normalized spacial score (nSPS) is 13.8. The highest BCUT2D eigenvalue weighted by Crippen LogP contribution is 1.98. The van der Waals surface area contributed by atoms with Crippen LogP contribution in [0.3, 0.4) is 0 Å². The van der Waals surface area contributed by atoms with Crippen LogP contribution in [-0.4, -0.2) is 12.7 Å². The van der Waals surface area contributed by atoms with E-state index in [1.165, 1.54) is 0 Å². The lowest BCUT2D eigenvalue weighted by atomic mass is 10.2. The summed E-state index contributed by atoms with van der Waals surface area (Å²) < 4.78 is 5.24. The topological polar surface area (TPSA) is 9.23 Å². The molecule has 0 aliphatic carbocycles. The van der Waals surface area contributed by atoms with Gasteiger partial charge in [-0.15, -0.1) is 0 Å². The lowest BCUT2D eigenvalue weighted by molar-refractivity contribution is 0.0710. The fourth-order valence-electron chi connectivity index (χ4n) is 0.655. The van der Waals surface area contributed by atoms with Gasteiger partial charge in [0, 0.05) is 13.0 Å². The van der Waals surface area contributed by atoms with Crippen molar-refractivity contribution in [1.82, 2.24) is 0 Å². The molecule has 0 fully saturated rings. The summed E-state index contributed by atoms with van der Waals surface area (Å²) in [6.45, 7) is 8.64. The van der Waals surface area contributed by atoms with Crippen molar-refractivity contribution in [3.8, 4) is 0 Å². The second-order valence-corrected chi connectivity index (χ2v) is 1.91. The highest BCUT2D eigenvalue weighted by molar-refractivity contribution is 4.50. The number of hydrogen-bond donors (Lipinski definition) is 0. The zero-order valence-electron chi connectivity index (χ0n) is 5.81. The van der Waals surface area contributed by atoms with Crippen LogP contribution in [0.15, 0.2) is 0 Å².